The molecule has 5 amide bonds. The van der Waals surface area contributed by atoms with Crippen molar-refractivity contribution in [2.24, 2.45) is 11.3 Å². The number of halogens is 1. The van der Waals surface area contributed by atoms with E-state index < -0.39 is 29.7 Å². The maximum Gasteiger partial charge on any atom is 0.262 e. The molecule has 0 saturated carbocycles. The van der Waals surface area contributed by atoms with Gasteiger partial charge in [-0.1, -0.05) is 17.7 Å². The number of hydrogen-bond donors (Lipinski definition) is 1. The predicted octanol–water partition coefficient (Wildman–Crippen LogP) is 4.39. The Bertz CT molecular complexity index is 2220. The monoisotopic (exact) mass is 802 g/mol. The van der Waals surface area contributed by atoms with Crippen LogP contribution in [0.25, 0.3) is 0 Å². The molecule has 1 unspecified atom stereocenters. The summed E-state index contributed by atoms with van der Waals surface area (Å²) < 4.78 is 0. The zero-order chi connectivity index (χ0) is 40.1. The van der Waals surface area contributed by atoms with Crippen LogP contribution >= 0.6 is 11.6 Å². The van der Waals surface area contributed by atoms with Crippen molar-refractivity contribution in [2.45, 2.75) is 44.6 Å². The van der Waals surface area contributed by atoms with Crippen molar-refractivity contribution in [3.63, 3.8) is 0 Å². The van der Waals surface area contributed by atoms with Gasteiger partial charge in [-0.3, -0.25) is 39.1 Å². The average Bonchev–Trinajstić information content (AvgIpc) is 3.95. The summed E-state index contributed by atoms with van der Waals surface area (Å²) in [5, 5.41) is 12.0. The number of nitrogens with zero attached hydrogens (tertiary/aromatic N) is 7. The first-order valence-electron chi connectivity index (χ1n) is 20.5. The Hall–Kier alpha value is -5.45. The van der Waals surface area contributed by atoms with E-state index in [1.807, 2.05) is 35.2 Å². The molecule has 6 aliphatic heterocycles. The van der Waals surface area contributed by atoms with Gasteiger partial charge in [0.1, 0.15) is 12.1 Å². The standard InChI is InChI=1S/C44H47ClN8O5/c45-37-24-34(5-4-31(37)25-46)49-15-11-44(12-16-49)13-17-52(28-44)41(56)30-2-1-3-32(22-30)50-20-18-48(19-21-50)26-29-10-14-51(27-29)33-6-7-35-36(23-33)43(58)53(42(35)57)38-8-9-39(54)47-40(38)55/h1-7,22-24,29,38H,8-21,26-28H2,(H,47,54,55)/t29-,38?/m0/s1. The normalized spacial score (nSPS) is 23.5. The lowest BCUT2D eigenvalue weighted by Gasteiger charge is -2.40. The van der Waals surface area contributed by atoms with Crippen molar-refractivity contribution in [1.82, 2.24) is 20.0 Å². The summed E-state index contributed by atoms with van der Waals surface area (Å²) in [7, 11) is 0. The lowest BCUT2D eigenvalue weighted by Crippen LogP contribution is -2.54. The van der Waals surface area contributed by atoms with Crippen molar-refractivity contribution < 1.29 is 24.0 Å². The minimum Gasteiger partial charge on any atom is -0.371 e. The molecule has 6 aliphatic rings. The van der Waals surface area contributed by atoms with Gasteiger partial charge < -0.3 is 19.6 Å². The maximum atomic E-state index is 13.8. The summed E-state index contributed by atoms with van der Waals surface area (Å²) in [5.74, 6) is -1.40. The molecule has 14 heteroatoms. The van der Waals surface area contributed by atoms with Crippen LogP contribution in [0.15, 0.2) is 60.7 Å². The van der Waals surface area contributed by atoms with Crippen LogP contribution in [0.3, 0.4) is 0 Å². The molecule has 0 bridgehead atoms. The minimum absolute atomic E-state index is 0.0924. The van der Waals surface area contributed by atoms with Gasteiger partial charge in [0.15, 0.2) is 0 Å². The summed E-state index contributed by atoms with van der Waals surface area (Å²) in [4.78, 5) is 77.1. The second-order valence-electron chi connectivity index (χ2n) is 16.9. The van der Waals surface area contributed by atoms with Gasteiger partial charge in [-0.25, -0.2) is 0 Å². The van der Waals surface area contributed by atoms with Gasteiger partial charge in [-0.15, -0.1) is 0 Å². The number of fused-ring (bicyclic) bond motifs is 1. The van der Waals surface area contributed by atoms with Gasteiger partial charge in [0.05, 0.1) is 21.7 Å². The summed E-state index contributed by atoms with van der Waals surface area (Å²) >= 11 is 6.32. The highest BCUT2D eigenvalue weighted by atomic mass is 35.5. The number of amides is 5. The van der Waals surface area contributed by atoms with Gasteiger partial charge in [0, 0.05) is 101 Å². The molecule has 58 heavy (non-hydrogen) atoms. The molecule has 9 rings (SSSR count). The molecule has 1 N–H and O–H groups in total. The molecule has 1 spiro atoms. The summed E-state index contributed by atoms with van der Waals surface area (Å²) in [6.07, 6.45) is 4.30. The summed E-state index contributed by atoms with van der Waals surface area (Å²) in [6.45, 7) is 9.67. The van der Waals surface area contributed by atoms with E-state index in [4.69, 9.17) is 11.6 Å². The van der Waals surface area contributed by atoms with Crippen molar-refractivity contribution in [3.05, 3.63) is 87.9 Å². The van der Waals surface area contributed by atoms with E-state index in [9.17, 15) is 29.2 Å². The molecule has 3 aromatic rings. The highest BCUT2D eigenvalue weighted by Gasteiger charge is 2.45. The first-order valence-corrected chi connectivity index (χ1v) is 20.9. The quantitative estimate of drug-likeness (QED) is 0.342. The van der Waals surface area contributed by atoms with Crippen molar-refractivity contribution in [2.75, 3.05) is 86.7 Å². The van der Waals surface area contributed by atoms with Gasteiger partial charge in [0.25, 0.3) is 17.7 Å². The third-order valence-electron chi connectivity index (χ3n) is 13.4. The number of carbonyl (C=O) groups excluding carboxylic acids is 5. The molecular weight excluding hydrogens is 756 g/mol. The first kappa shape index (κ1) is 38.1. The van der Waals surface area contributed by atoms with E-state index in [2.05, 4.69) is 43.1 Å². The second-order valence-corrected chi connectivity index (χ2v) is 17.3. The van der Waals surface area contributed by atoms with Crippen LogP contribution in [-0.2, 0) is 9.59 Å². The zero-order valence-electron chi connectivity index (χ0n) is 32.5. The molecule has 13 nitrogen and oxygen atoms in total. The Balaban J connectivity index is 0.750. The zero-order valence-corrected chi connectivity index (χ0v) is 33.3. The smallest absolute Gasteiger partial charge is 0.262 e. The van der Waals surface area contributed by atoms with Crippen LogP contribution in [0.4, 0.5) is 17.1 Å². The van der Waals surface area contributed by atoms with Gasteiger partial charge >= 0.3 is 0 Å². The molecule has 3 aromatic carbocycles. The van der Waals surface area contributed by atoms with Crippen LogP contribution in [0, 0.1) is 22.7 Å². The third kappa shape index (κ3) is 7.17. The average molecular weight is 803 g/mol. The lowest BCUT2D eigenvalue weighted by atomic mass is 9.77. The summed E-state index contributed by atoms with van der Waals surface area (Å²) in [6, 6.07) is 20.3. The van der Waals surface area contributed by atoms with E-state index >= 15 is 0 Å². The third-order valence-corrected chi connectivity index (χ3v) is 13.7. The second kappa shape index (κ2) is 15.4. The Morgan fingerprint density at radius 1 is 0.776 bits per heavy atom. The van der Waals surface area contributed by atoms with Crippen LogP contribution in [-0.4, -0.2) is 122 Å². The fourth-order valence-electron chi connectivity index (χ4n) is 9.99. The van der Waals surface area contributed by atoms with E-state index in [0.717, 1.165) is 125 Å². The molecule has 5 saturated heterocycles. The lowest BCUT2D eigenvalue weighted by molar-refractivity contribution is -0.136. The maximum absolute atomic E-state index is 13.8. The molecular formula is C44H47ClN8O5. The number of piperazine rings is 1. The molecule has 0 aromatic heterocycles. The number of rotatable bonds is 7. The number of nitrogens with one attached hydrogen (secondary N) is 1. The first-order chi connectivity index (χ1) is 28.1. The number of anilines is 3. The van der Waals surface area contributed by atoms with E-state index in [1.54, 1.807) is 18.2 Å². The van der Waals surface area contributed by atoms with Crippen LogP contribution < -0.4 is 20.0 Å². The van der Waals surface area contributed by atoms with Crippen molar-refractivity contribution in [1.29, 1.82) is 5.26 Å². The summed E-state index contributed by atoms with van der Waals surface area (Å²) in [5.41, 5.74) is 5.00. The van der Waals surface area contributed by atoms with Crippen LogP contribution in [0.1, 0.15) is 75.2 Å². The Labute approximate surface area is 343 Å². The molecule has 0 radical (unpaired) electrons. The fraction of sp³-hybridized carbons (Fsp3) is 0.455. The van der Waals surface area contributed by atoms with Crippen LogP contribution in [0.2, 0.25) is 5.02 Å². The van der Waals surface area contributed by atoms with Gasteiger partial charge in [-0.05, 0) is 98.0 Å². The SMILES string of the molecule is N#Cc1ccc(N2CCC3(CCN(C(=O)c4cccc(N5CCN(C[C@@H]6CCN(c7ccc8c(c7)C(=O)N(C7CCC(=O)NC7=O)C8=O)C6)CC5)c4)C3)CC2)cc1Cl. The molecule has 5 fully saturated rings. The molecule has 0 aliphatic carbocycles. The number of hydrogen-bond acceptors (Lipinski definition) is 10. The number of piperidine rings is 2. The van der Waals surface area contributed by atoms with E-state index in [0.29, 0.717) is 27.6 Å². The number of nitriles is 1. The highest BCUT2D eigenvalue weighted by Crippen LogP contribution is 2.42. The largest absolute Gasteiger partial charge is 0.371 e. The topological polar surface area (TPSA) is 141 Å². The molecule has 2 atom stereocenters. The van der Waals surface area contributed by atoms with Gasteiger partial charge in [-0.2, -0.15) is 5.26 Å². The highest BCUT2D eigenvalue weighted by molar-refractivity contribution is 6.32. The number of benzene rings is 3. The predicted molar refractivity (Wildman–Crippen MR) is 219 cm³/mol. The van der Waals surface area contributed by atoms with Crippen LogP contribution in [0.5, 0.6) is 0 Å². The number of likely N-dealkylation sites (tertiary alicyclic amines) is 1. The molecule has 300 valence electrons. The van der Waals surface area contributed by atoms with Crippen molar-refractivity contribution >= 4 is 58.2 Å². The Morgan fingerprint density at radius 3 is 2.24 bits per heavy atom. The number of imide groups is 2. The molecule has 6 heterocycles. The number of carbonyl (C=O) groups is 5. The Morgan fingerprint density at radius 2 is 1.48 bits per heavy atom. The Kier molecular flexibility index (Phi) is 10.1. The van der Waals surface area contributed by atoms with E-state index in [1.165, 1.54) is 0 Å². The van der Waals surface area contributed by atoms with Gasteiger partial charge in [0.2, 0.25) is 11.8 Å². The fourth-order valence-corrected chi connectivity index (χ4v) is 10.2. The van der Waals surface area contributed by atoms with Crippen molar-refractivity contribution in [3.8, 4) is 6.07 Å². The van der Waals surface area contributed by atoms with E-state index in [-0.39, 0.29) is 24.2 Å². The minimum atomic E-state index is -0.973.